The molecule has 0 radical (unpaired) electrons. The molecule has 3 fully saturated rings. The average Bonchev–Trinajstić information content (AvgIpc) is 2.97. The van der Waals surface area contributed by atoms with Crippen molar-refractivity contribution in [1.82, 2.24) is 0 Å². The predicted octanol–water partition coefficient (Wildman–Crippen LogP) is 5.07. The van der Waals surface area contributed by atoms with Crippen LogP contribution in [0.1, 0.15) is 79.1 Å². The Labute approximate surface area is 162 Å². The number of hydrogen-bond donors (Lipinski definition) is 0. The lowest BCUT2D eigenvalue weighted by molar-refractivity contribution is -0.141. The first-order chi connectivity index (χ1) is 12.8. The molecule has 0 aliphatic heterocycles. The molecule has 0 unspecified atom stereocenters. The Kier molecular flexibility index (Phi) is 4.59. The van der Waals surface area contributed by atoms with Crippen LogP contribution in [0.15, 0.2) is 16.8 Å². The maximum absolute atomic E-state index is 12.0. The number of carbonyl (C=O) groups excluding carboxylic acids is 2. The Morgan fingerprint density at radius 2 is 1.85 bits per heavy atom. The normalized spacial score (nSPS) is 44.1. The lowest BCUT2D eigenvalue weighted by Crippen LogP contribution is -2.51. The highest BCUT2D eigenvalue weighted by Crippen LogP contribution is 2.66. The molecule has 0 saturated heterocycles. The fraction of sp³-hybridized carbons (Fsp3) is 0.783. The molecular weight excluding hydrogens is 338 g/mol. The molecule has 3 saturated carbocycles. The third kappa shape index (κ3) is 2.91. The number of rotatable bonds is 2. The number of hydrogen-bond acceptors (Lipinski definition) is 4. The van der Waals surface area contributed by atoms with Gasteiger partial charge in [0.05, 0.1) is 5.71 Å². The van der Waals surface area contributed by atoms with Gasteiger partial charge in [-0.3, -0.25) is 4.79 Å². The maximum atomic E-state index is 12.0. The largest absolute Gasteiger partial charge is 0.331 e. The first-order valence-corrected chi connectivity index (χ1v) is 10.7. The van der Waals surface area contributed by atoms with E-state index in [2.05, 4.69) is 19.0 Å². The number of oxime groups is 1. The van der Waals surface area contributed by atoms with E-state index in [1.807, 2.05) is 13.0 Å². The van der Waals surface area contributed by atoms with E-state index in [9.17, 15) is 9.59 Å². The number of fused-ring (bicyclic) bond motifs is 5. The smallest absolute Gasteiger partial charge is 0.319 e. The zero-order chi connectivity index (χ0) is 19.4. The molecular formula is C23H33NO3. The fourth-order valence-corrected chi connectivity index (χ4v) is 7.45. The average molecular weight is 372 g/mol. The van der Waals surface area contributed by atoms with Gasteiger partial charge in [-0.25, -0.2) is 4.79 Å². The molecule has 4 nitrogen and oxygen atoms in total. The van der Waals surface area contributed by atoms with Gasteiger partial charge in [-0.15, -0.1) is 0 Å². The van der Waals surface area contributed by atoms with Crippen LogP contribution in [0.5, 0.6) is 0 Å². The molecule has 0 amide bonds. The molecule has 6 atom stereocenters. The Balaban J connectivity index is 1.59. The molecule has 0 aromatic carbocycles. The van der Waals surface area contributed by atoms with Crippen molar-refractivity contribution in [3.63, 3.8) is 0 Å². The van der Waals surface area contributed by atoms with Crippen LogP contribution in [0, 0.1) is 34.5 Å². The topological polar surface area (TPSA) is 55.7 Å². The van der Waals surface area contributed by atoms with Gasteiger partial charge in [-0.05, 0) is 86.5 Å². The van der Waals surface area contributed by atoms with Crippen molar-refractivity contribution in [2.24, 2.45) is 39.7 Å². The number of ketones is 1. The summed E-state index contributed by atoms with van der Waals surface area (Å²) in [7, 11) is 0. The second-order valence-electron chi connectivity index (χ2n) is 9.96. The SMILES string of the molecule is CC(=O)O/N=C(/C)[C@H]1CC[C@H]2[C@@H]3CCC4=CC(=O)CC[C@]4(C)[C@H]3CC[C@]12C. The third-order valence-electron chi connectivity index (χ3n) is 8.78. The van der Waals surface area contributed by atoms with Crippen LogP contribution >= 0.6 is 0 Å². The van der Waals surface area contributed by atoms with Gasteiger partial charge in [0.2, 0.25) is 0 Å². The van der Waals surface area contributed by atoms with Crippen molar-refractivity contribution in [3.05, 3.63) is 11.6 Å². The lowest BCUT2D eigenvalue weighted by Gasteiger charge is -2.58. The number of allylic oxidation sites excluding steroid dienone is 1. The monoisotopic (exact) mass is 371 g/mol. The van der Waals surface area contributed by atoms with Crippen molar-refractivity contribution in [2.45, 2.75) is 79.1 Å². The van der Waals surface area contributed by atoms with Crippen LogP contribution in [-0.2, 0) is 14.4 Å². The van der Waals surface area contributed by atoms with E-state index in [-0.39, 0.29) is 16.8 Å². The number of carbonyl (C=O) groups is 2. The van der Waals surface area contributed by atoms with E-state index in [4.69, 9.17) is 4.84 Å². The van der Waals surface area contributed by atoms with E-state index in [1.54, 1.807) is 0 Å². The lowest BCUT2D eigenvalue weighted by atomic mass is 9.46. The summed E-state index contributed by atoms with van der Waals surface area (Å²) in [6.45, 7) is 8.33. The first-order valence-electron chi connectivity index (χ1n) is 10.7. The molecule has 4 aliphatic carbocycles. The van der Waals surface area contributed by atoms with Crippen LogP contribution < -0.4 is 0 Å². The van der Waals surface area contributed by atoms with Crippen molar-refractivity contribution in [1.29, 1.82) is 0 Å². The highest BCUT2D eigenvalue weighted by atomic mass is 16.7. The van der Waals surface area contributed by atoms with Crippen molar-refractivity contribution < 1.29 is 14.4 Å². The summed E-state index contributed by atoms with van der Waals surface area (Å²) in [4.78, 5) is 28.1. The van der Waals surface area contributed by atoms with Crippen LogP contribution in [0.4, 0.5) is 0 Å². The van der Waals surface area contributed by atoms with E-state index in [1.165, 1.54) is 38.2 Å². The summed E-state index contributed by atoms with van der Waals surface area (Å²) in [5, 5.41) is 4.15. The van der Waals surface area contributed by atoms with E-state index >= 15 is 0 Å². The quantitative estimate of drug-likeness (QED) is 0.387. The molecule has 27 heavy (non-hydrogen) atoms. The zero-order valence-corrected chi connectivity index (χ0v) is 17.2. The van der Waals surface area contributed by atoms with Crippen molar-refractivity contribution in [3.8, 4) is 0 Å². The van der Waals surface area contributed by atoms with Crippen LogP contribution in [0.25, 0.3) is 0 Å². The summed E-state index contributed by atoms with van der Waals surface area (Å²) in [5.74, 6) is 2.60. The van der Waals surface area contributed by atoms with Gasteiger partial charge in [-0.2, -0.15) is 0 Å². The minimum Gasteiger partial charge on any atom is -0.319 e. The molecule has 0 aromatic heterocycles. The van der Waals surface area contributed by atoms with Crippen LogP contribution in [0.2, 0.25) is 0 Å². The molecule has 0 aromatic rings. The molecule has 0 heterocycles. The highest BCUT2D eigenvalue weighted by molar-refractivity contribution is 5.91. The Morgan fingerprint density at radius 1 is 1.07 bits per heavy atom. The van der Waals surface area contributed by atoms with Gasteiger partial charge >= 0.3 is 5.97 Å². The Bertz CT molecular complexity index is 723. The molecule has 4 heteroatoms. The second kappa shape index (κ2) is 6.56. The van der Waals surface area contributed by atoms with Gasteiger partial charge in [0.1, 0.15) is 0 Å². The van der Waals surface area contributed by atoms with Gasteiger partial charge in [0.15, 0.2) is 5.78 Å². The predicted molar refractivity (Wildman–Crippen MR) is 105 cm³/mol. The molecule has 4 aliphatic rings. The summed E-state index contributed by atoms with van der Waals surface area (Å²) in [5.41, 5.74) is 2.92. The number of nitrogens with zero attached hydrogens (tertiary/aromatic N) is 1. The fourth-order valence-electron chi connectivity index (χ4n) is 7.45. The zero-order valence-electron chi connectivity index (χ0n) is 17.2. The van der Waals surface area contributed by atoms with E-state index in [0.29, 0.717) is 17.6 Å². The minimum atomic E-state index is -0.343. The Morgan fingerprint density at radius 3 is 2.59 bits per heavy atom. The van der Waals surface area contributed by atoms with Crippen molar-refractivity contribution >= 4 is 17.5 Å². The molecule has 0 bridgehead atoms. The minimum absolute atomic E-state index is 0.233. The van der Waals surface area contributed by atoms with Crippen LogP contribution in [-0.4, -0.2) is 17.5 Å². The van der Waals surface area contributed by atoms with Gasteiger partial charge in [0, 0.05) is 19.3 Å². The summed E-state index contributed by atoms with van der Waals surface area (Å²) in [6, 6.07) is 0. The molecule has 4 rings (SSSR count). The molecule has 0 spiro atoms. The summed E-state index contributed by atoms with van der Waals surface area (Å²) < 4.78 is 0. The summed E-state index contributed by atoms with van der Waals surface area (Å²) in [6.07, 6.45) is 10.9. The second-order valence-corrected chi connectivity index (χ2v) is 9.96. The third-order valence-corrected chi connectivity index (χ3v) is 8.78. The van der Waals surface area contributed by atoms with Crippen LogP contribution in [0.3, 0.4) is 0 Å². The molecule has 0 N–H and O–H groups in total. The van der Waals surface area contributed by atoms with E-state index < -0.39 is 0 Å². The first kappa shape index (κ1) is 18.9. The van der Waals surface area contributed by atoms with E-state index in [0.717, 1.165) is 43.2 Å². The Hall–Kier alpha value is -1.45. The molecule has 148 valence electrons. The highest BCUT2D eigenvalue weighted by Gasteiger charge is 2.59. The van der Waals surface area contributed by atoms with Crippen molar-refractivity contribution in [2.75, 3.05) is 0 Å². The maximum Gasteiger partial charge on any atom is 0.331 e. The van der Waals surface area contributed by atoms with Gasteiger partial charge in [-0.1, -0.05) is 24.6 Å². The van der Waals surface area contributed by atoms with Gasteiger partial charge in [0.25, 0.3) is 0 Å². The van der Waals surface area contributed by atoms with Gasteiger partial charge < -0.3 is 4.84 Å². The summed E-state index contributed by atoms with van der Waals surface area (Å²) >= 11 is 0. The standard InChI is InChI=1S/C23H33NO3/c1-14(24-27-15(2)25)19-7-8-20-18-6-5-16-13-17(26)9-11-22(16,3)21(18)10-12-23(19,20)4/h13,18-21H,5-12H2,1-4H3/b24-14-/t18-,19+,20-,21-,22-,23+/m0/s1.